The molecule has 0 bridgehead atoms. The molecule has 4 nitrogen and oxygen atoms in total. The van der Waals surface area contributed by atoms with Gasteiger partial charge in [-0.05, 0) is 26.3 Å². The van der Waals surface area contributed by atoms with Crippen LogP contribution in [-0.2, 0) is 10.0 Å². The Morgan fingerprint density at radius 1 is 1.54 bits per heavy atom. The molecular formula is C7H17ClN2O2S. The Bertz CT molecular complexity index is 225. The van der Waals surface area contributed by atoms with E-state index in [9.17, 15) is 8.42 Å². The van der Waals surface area contributed by atoms with Gasteiger partial charge in [0.25, 0.3) is 0 Å². The first-order chi connectivity index (χ1) is 5.64. The third kappa shape index (κ3) is 4.81. The lowest BCUT2D eigenvalue weighted by atomic mass is 10.1. The van der Waals surface area contributed by atoms with Crippen molar-refractivity contribution >= 4 is 22.4 Å². The summed E-state index contributed by atoms with van der Waals surface area (Å²) in [5.41, 5.74) is 0. The fraction of sp³-hybridized carbons (Fsp3) is 1.00. The number of hydrogen-bond donors (Lipinski definition) is 2. The average Bonchev–Trinajstić information content (AvgIpc) is 2.06. The highest BCUT2D eigenvalue weighted by Crippen LogP contribution is 2.02. The molecule has 80 valence electrons. The Morgan fingerprint density at radius 2 is 2.23 bits per heavy atom. The van der Waals surface area contributed by atoms with E-state index < -0.39 is 10.0 Å². The first kappa shape index (κ1) is 13.2. The molecule has 0 aromatic carbocycles. The van der Waals surface area contributed by atoms with Gasteiger partial charge in [0, 0.05) is 12.6 Å². The first-order valence-electron chi connectivity index (χ1n) is 4.35. The lowest BCUT2D eigenvalue weighted by Gasteiger charge is -2.23. The Morgan fingerprint density at radius 3 is 2.69 bits per heavy atom. The Balaban J connectivity index is 0.00000144. The molecule has 0 aromatic rings. The molecule has 2 N–H and O–H groups in total. The van der Waals surface area contributed by atoms with Crippen LogP contribution in [0.25, 0.3) is 0 Å². The van der Waals surface area contributed by atoms with Crippen LogP contribution in [0, 0.1) is 0 Å². The summed E-state index contributed by atoms with van der Waals surface area (Å²) in [6.45, 7) is 3.42. The maximum Gasteiger partial charge on any atom is 0.211 e. The quantitative estimate of drug-likeness (QED) is 0.721. The zero-order chi connectivity index (χ0) is 9.03. The monoisotopic (exact) mass is 228 g/mol. The van der Waals surface area contributed by atoms with Crippen LogP contribution >= 0.6 is 12.4 Å². The van der Waals surface area contributed by atoms with E-state index in [0.29, 0.717) is 0 Å². The zero-order valence-corrected chi connectivity index (χ0v) is 9.38. The molecule has 6 heteroatoms. The molecule has 0 amide bonds. The van der Waals surface area contributed by atoms with Gasteiger partial charge in [-0.25, -0.2) is 13.1 Å². The van der Waals surface area contributed by atoms with Crippen molar-refractivity contribution in [3.05, 3.63) is 0 Å². The van der Waals surface area contributed by atoms with Gasteiger partial charge in [0.15, 0.2) is 0 Å². The molecule has 0 radical (unpaired) electrons. The summed E-state index contributed by atoms with van der Waals surface area (Å²) < 4.78 is 24.9. The lowest BCUT2D eigenvalue weighted by Crippen LogP contribution is -2.45. The maximum atomic E-state index is 11.1. The van der Waals surface area contributed by atoms with Crippen molar-refractivity contribution in [2.75, 3.05) is 18.8 Å². The van der Waals surface area contributed by atoms with Gasteiger partial charge >= 0.3 is 0 Å². The minimum absolute atomic E-state index is 0. The molecule has 1 rings (SSSR count). The van der Waals surface area contributed by atoms with E-state index in [1.54, 1.807) is 6.92 Å². The van der Waals surface area contributed by atoms with Gasteiger partial charge in [0.2, 0.25) is 10.0 Å². The minimum Gasteiger partial charge on any atom is -0.315 e. The number of rotatable bonds is 3. The molecule has 1 fully saturated rings. The lowest BCUT2D eigenvalue weighted by molar-refractivity contribution is 0.429. The summed E-state index contributed by atoms with van der Waals surface area (Å²) in [6, 6.07) is 0.101. The number of halogens is 1. The van der Waals surface area contributed by atoms with E-state index in [2.05, 4.69) is 10.0 Å². The molecule has 1 unspecified atom stereocenters. The number of sulfonamides is 1. The summed E-state index contributed by atoms with van der Waals surface area (Å²) in [5.74, 6) is 0.170. The number of hydrogen-bond acceptors (Lipinski definition) is 3. The molecule has 1 aliphatic rings. The second-order valence-electron chi connectivity index (χ2n) is 3.06. The molecule has 1 atom stereocenters. The van der Waals surface area contributed by atoms with Gasteiger partial charge < -0.3 is 5.32 Å². The Hall–Kier alpha value is 0.160. The molecule has 0 aromatic heterocycles. The van der Waals surface area contributed by atoms with Crippen LogP contribution in [0.1, 0.15) is 19.8 Å². The molecule has 13 heavy (non-hydrogen) atoms. The van der Waals surface area contributed by atoms with Crippen LogP contribution in [0.3, 0.4) is 0 Å². The van der Waals surface area contributed by atoms with E-state index in [1.165, 1.54) is 0 Å². The molecule has 1 saturated heterocycles. The van der Waals surface area contributed by atoms with Crippen molar-refractivity contribution in [1.29, 1.82) is 0 Å². The van der Waals surface area contributed by atoms with Crippen molar-refractivity contribution in [1.82, 2.24) is 10.0 Å². The van der Waals surface area contributed by atoms with Crippen LogP contribution in [0.5, 0.6) is 0 Å². The van der Waals surface area contributed by atoms with Gasteiger partial charge in [-0.2, -0.15) is 0 Å². The standard InChI is InChI=1S/C7H16N2O2S.ClH/c1-2-12(10,11)9-7-4-3-5-8-6-7;/h7-9H,2-6H2,1H3;1H. The average molecular weight is 229 g/mol. The van der Waals surface area contributed by atoms with Gasteiger partial charge in [-0.1, -0.05) is 0 Å². The summed E-state index contributed by atoms with van der Waals surface area (Å²) in [7, 11) is -3.01. The molecule has 0 aliphatic carbocycles. The minimum atomic E-state index is -3.01. The summed E-state index contributed by atoms with van der Waals surface area (Å²) >= 11 is 0. The van der Waals surface area contributed by atoms with Gasteiger partial charge in [0.05, 0.1) is 5.75 Å². The molecule has 0 spiro atoms. The predicted molar refractivity (Wildman–Crippen MR) is 55.7 cm³/mol. The Labute approximate surface area is 85.9 Å². The summed E-state index contributed by atoms with van der Waals surface area (Å²) in [5, 5.41) is 3.15. The van der Waals surface area contributed by atoms with Gasteiger partial charge in [0.1, 0.15) is 0 Å². The van der Waals surface area contributed by atoms with E-state index in [0.717, 1.165) is 25.9 Å². The highest BCUT2D eigenvalue weighted by Gasteiger charge is 2.17. The maximum absolute atomic E-state index is 11.1. The van der Waals surface area contributed by atoms with Crippen molar-refractivity contribution in [3.8, 4) is 0 Å². The van der Waals surface area contributed by atoms with Crippen LogP contribution in [-0.4, -0.2) is 33.3 Å². The fourth-order valence-corrected chi connectivity index (χ4v) is 2.17. The molecule has 1 heterocycles. The summed E-state index contributed by atoms with van der Waals surface area (Å²) in [6.07, 6.45) is 2.00. The van der Waals surface area contributed by atoms with Crippen LogP contribution < -0.4 is 10.0 Å². The van der Waals surface area contributed by atoms with Gasteiger partial charge in [-0.15, -0.1) is 12.4 Å². The van der Waals surface area contributed by atoms with E-state index in [1.807, 2.05) is 0 Å². The van der Waals surface area contributed by atoms with E-state index >= 15 is 0 Å². The highest BCUT2D eigenvalue weighted by molar-refractivity contribution is 7.89. The van der Waals surface area contributed by atoms with Crippen LogP contribution in [0.15, 0.2) is 0 Å². The third-order valence-electron chi connectivity index (χ3n) is 2.02. The van der Waals surface area contributed by atoms with Crippen molar-refractivity contribution in [3.63, 3.8) is 0 Å². The molecule has 0 saturated carbocycles. The molecule has 1 aliphatic heterocycles. The van der Waals surface area contributed by atoms with Crippen molar-refractivity contribution in [2.24, 2.45) is 0 Å². The SMILES string of the molecule is CCS(=O)(=O)NC1CCCNC1.Cl. The van der Waals surface area contributed by atoms with E-state index in [4.69, 9.17) is 0 Å². The van der Waals surface area contributed by atoms with Crippen molar-refractivity contribution < 1.29 is 8.42 Å². The van der Waals surface area contributed by atoms with Crippen LogP contribution in [0.2, 0.25) is 0 Å². The highest BCUT2D eigenvalue weighted by atomic mass is 35.5. The van der Waals surface area contributed by atoms with Crippen LogP contribution in [0.4, 0.5) is 0 Å². The second-order valence-corrected chi connectivity index (χ2v) is 5.11. The third-order valence-corrected chi connectivity index (χ3v) is 3.48. The summed E-state index contributed by atoms with van der Waals surface area (Å²) in [4.78, 5) is 0. The first-order valence-corrected chi connectivity index (χ1v) is 6.00. The topological polar surface area (TPSA) is 58.2 Å². The number of nitrogens with one attached hydrogen (secondary N) is 2. The fourth-order valence-electron chi connectivity index (χ4n) is 1.29. The second kappa shape index (κ2) is 5.80. The normalized spacial score (nSPS) is 23.6. The van der Waals surface area contributed by atoms with Gasteiger partial charge in [-0.3, -0.25) is 0 Å². The zero-order valence-electron chi connectivity index (χ0n) is 7.75. The van der Waals surface area contributed by atoms with E-state index in [-0.39, 0.29) is 24.2 Å². The predicted octanol–water partition coefficient (Wildman–Crippen LogP) is 0.0995. The van der Waals surface area contributed by atoms with Crippen molar-refractivity contribution in [2.45, 2.75) is 25.8 Å². The largest absolute Gasteiger partial charge is 0.315 e. The Kier molecular flexibility index (Phi) is 5.87. The smallest absolute Gasteiger partial charge is 0.211 e. The molecular weight excluding hydrogens is 212 g/mol. The number of piperidine rings is 1.